The van der Waals surface area contributed by atoms with Gasteiger partial charge in [0.2, 0.25) is 5.95 Å². The molecule has 0 radical (unpaired) electrons. The Bertz CT molecular complexity index is 604. The zero-order valence-corrected chi connectivity index (χ0v) is 12.3. The van der Waals surface area contributed by atoms with Crippen LogP contribution in [0.15, 0.2) is 30.5 Å². The van der Waals surface area contributed by atoms with Crippen molar-refractivity contribution in [1.29, 1.82) is 0 Å². The summed E-state index contributed by atoms with van der Waals surface area (Å²) in [6.45, 7) is 8.09. The van der Waals surface area contributed by atoms with E-state index in [-0.39, 0.29) is 6.04 Å². The minimum Gasteiger partial charge on any atom is -0.491 e. The molecule has 1 aromatic carbocycles. The van der Waals surface area contributed by atoms with Crippen molar-refractivity contribution < 1.29 is 4.74 Å². The Balaban J connectivity index is 1.82. The van der Waals surface area contributed by atoms with Crippen LogP contribution in [0.25, 0.3) is 0 Å². The maximum absolute atomic E-state index is 5.71. The Morgan fingerprint density at radius 1 is 1.40 bits per heavy atom. The molecule has 1 aromatic heterocycles. The zero-order chi connectivity index (χ0) is 14.1. The molecular formula is C16H21N3O. The summed E-state index contributed by atoms with van der Waals surface area (Å²) < 4.78 is 7.91. The third-order valence-electron chi connectivity index (χ3n) is 3.46. The lowest BCUT2D eigenvalue weighted by atomic mass is 10.1. The van der Waals surface area contributed by atoms with Gasteiger partial charge in [0.1, 0.15) is 12.4 Å². The van der Waals surface area contributed by atoms with Crippen molar-refractivity contribution in [3.8, 4) is 5.75 Å². The molecule has 0 amide bonds. The second-order valence-electron chi connectivity index (χ2n) is 5.80. The third kappa shape index (κ3) is 2.50. The number of ether oxygens (including phenoxy) is 1. The minimum absolute atomic E-state index is 0.180. The first-order valence-corrected chi connectivity index (χ1v) is 7.15. The average molecular weight is 271 g/mol. The van der Waals surface area contributed by atoms with Crippen LogP contribution in [-0.2, 0) is 6.54 Å². The van der Waals surface area contributed by atoms with E-state index in [2.05, 4.69) is 41.0 Å². The second-order valence-corrected chi connectivity index (χ2v) is 5.80. The Kier molecular flexibility index (Phi) is 3.38. The molecule has 3 rings (SSSR count). The number of hydrogen-bond acceptors (Lipinski definition) is 3. The summed E-state index contributed by atoms with van der Waals surface area (Å²) in [5, 5.41) is 3.52. The lowest BCUT2D eigenvalue weighted by Gasteiger charge is -2.15. The molecule has 0 saturated carbocycles. The van der Waals surface area contributed by atoms with Gasteiger partial charge in [-0.3, -0.25) is 0 Å². The monoisotopic (exact) mass is 271 g/mol. The fraction of sp³-hybridized carbons (Fsp3) is 0.438. The van der Waals surface area contributed by atoms with Crippen molar-refractivity contribution in [1.82, 2.24) is 9.55 Å². The average Bonchev–Trinajstić information content (AvgIpc) is 2.94. The van der Waals surface area contributed by atoms with E-state index in [0.29, 0.717) is 12.5 Å². The SMILES string of the molecule is Cc1cn(CC(C)C)c(NC2COc3ccccc32)n1. The summed E-state index contributed by atoms with van der Waals surface area (Å²) >= 11 is 0. The summed E-state index contributed by atoms with van der Waals surface area (Å²) in [6.07, 6.45) is 2.10. The van der Waals surface area contributed by atoms with Crippen molar-refractivity contribution in [2.75, 3.05) is 11.9 Å². The van der Waals surface area contributed by atoms with E-state index in [9.17, 15) is 0 Å². The number of aryl methyl sites for hydroxylation is 1. The molecule has 0 bridgehead atoms. The number of para-hydroxylation sites is 1. The molecule has 1 aliphatic rings. The van der Waals surface area contributed by atoms with Gasteiger partial charge in [-0.1, -0.05) is 32.0 Å². The topological polar surface area (TPSA) is 39.1 Å². The number of aromatic nitrogens is 2. The molecule has 1 aliphatic heterocycles. The zero-order valence-electron chi connectivity index (χ0n) is 12.3. The van der Waals surface area contributed by atoms with Crippen LogP contribution in [0.2, 0.25) is 0 Å². The summed E-state index contributed by atoms with van der Waals surface area (Å²) in [6, 6.07) is 8.36. The number of nitrogens with zero attached hydrogens (tertiary/aromatic N) is 2. The first-order chi connectivity index (χ1) is 9.63. The first-order valence-electron chi connectivity index (χ1n) is 7.15. The van der Waals surface area contributed by atoms with Gasteiger partial charge < -0.3 is 14.6 Å². The molecule has 4 heteroatoms. The van der Waals surface area contributed by atoms with Crippen LogP contribution in [0.5, 0.6) is 5.75 Å². The van der Waals surface area contributed by atoms with E-state index in [0.717, 1.165) is 23.9 Å². The quantitative estimate of drug-likeness (QED) is 0.926. The number of anilines is 1. The number of imidazole rings is 1. The maximum Gasteiger partial charge on any atom is 0.203 e. The minimum atomic E-state index is 0.180. The highest BCUT2D eigenvalue weighted by atomic mass is 16.5. The van der Waals surface area contributed by atoms with Crippen LogP contribution < -0.4 is 10.1 Å². The van der Waals surface area contributed by atoms with Crippen molar-refractivity contribution in [3.63, 3.8) is 0 Å². The molecule has 0 aliphatic carbocycles. The van der Waals surface area contributed by atoms with Gasteiger partial charge in [-0.25, -0.2) is 4.98 Å². The van der Waals surface area contributed by atoms with E-state index in [1.54, 1.807) is 0 Å². The predicted octanol–water partition coefficient (Wildman–Crippen LogP) is 3.39. The maximum atomic E-state index is 5.71. The summed E-state index contributed by atoms with van der Waals surface area (Å²) in [4.78, 5) is 4.60. The Morgan fingerprint density at radius 2 is 2.20 bits per heavy atom. The van der Waals surface area contributed by atoms with Crippen LogP contribution in [0.4, 0.5) is 5.95 Å². The molecule has 0 saturated heterocycles. The van der Waals surface area contributed by atoms with Gasteiger partial charge in [0.25, 0.3) is 0 Å². The van der Waals surface area contributed by atoms with Gasteiger partial charge in [-0.2, -0.15) is 0 Å². The Labute approximate surface area is 119 Å². The fourth-order valence-corrected chi connectivity index (χ4v) is 2.63. The third-order valence-corrected chi connectivity index (χ3v) is 3.46. The largest absolute Gasteiger partial charge is 0.491 e. The fourth-order valence-electron chi connectivity index (χ4n) is 2.63. The van der Waals surface area contributed by atoms with E-state index in [4.69, 9.17) is 4.74 Å². The molecule has 2 heterocycles. The molecule has 0 spiro atoms. The lowest BCUT2D eigenvalue weighted by molar-refractivity contribution is 0.339. The van der Waals surface area contributed by atoms with E-state index in [1.807, 2.05) is 25.1 Å². The van der Waals surface area contributed by atoms with Gasteiger partial charge in [0, 0.05) is 18.3 Å². The molecular weight excluding hydrogens is 250 g/mol. The molecule has 1 atom stereocenters. The summed E-state index contributed by atoms with van der Waals surface area (Å²) in [5.74, 6) is 2.50. The molecule has 20 heavy (non-hydrogen) atoms. The van der Waals surface area contributed by atoms with Crippen LogP contribution in [0.3, 0.4) is 0 Å². The number of benzene rings is 1. The van der Waals surface area contributed by atoms with Crippen LogP contribution in [-0.4, -0.2) is 16.2 Å². The Hall–Kier alpha value is -1.97. The van der Waals surface area contributed by atoms with Gasteiger partial charge >= 0.3 is 0 Å². The number of nitrogens with one attached hydrogen (secondary N) is 1. The van der Waals surface area contributed by atoms with E-state index < -0.39 is 0 Å². The highest BCUT2D eigenvalue weighted by molar-refractivity contribution is 5.44. The van der Waals surface area contributed by atoms with Crippen LogP contribution in [0.1, 0.15) is 31.1 Å². The number of fused-ring (bicyclic) bond motifs is 1. The molecule has 106 valence electrons. The van der Waals surface area contributed by atoms with Crippen LogP contribution in [0, 0.1) is 12.8 Å². The molecule has 4 nitrogen and oxygen atoms in total. The van der Waals surface area contributed by atoms with Crippen molar-refractivity contribution in [2.45, 2.75) is 33.4 Å². The second kappa shape index (κ2) is 5.19. The summed E-state index contributed by atoms with van der Waals surface area (Å²) in [5.41, 5.74) is 2.25. The van der Waals surface area contributed by atoms with Crippen LogP contribution >= 0.6 is 0 Å². The number of hydrogen-bond donors (Lipinski definition) is 1. The Morgan fingerprint density at radius 3 is 3.00 bits per heavy atom. The molecule has 1 unspecified atom stereocenters. The van der Waals surface area contributed by atoms with E-state index >= 15 is 0 Å². The first kappa shape index (κ1) is 13.0. The highest BCUT2D eigenvalue weighted by Crippen LogP contribution is 2.33. The lowest BCUT2D eigenvalue weighted by Crippen LogP contribution is -2.16. The van der Waals surface area contributed by atoms with Crippen molar-refractivity contribution in [2.24, 2.45) is 5.92 Å². The molecule has 0 fully saturated rings. The van der Waals surface area contributed by atoms with Gasteiger partial charge in [-0.15, -0.1) is 0 Å². The standard InChI is InChI=1S/C16H21N3O/c1-11(2)8-19-9-12(3)17-16(19)18-14-10-20-15-7-5-4-6-13(14)15/h4-7,9,11,14H,8,10H2,1-3H3,(H,17,18). The normalized spacial score (nSPS) is 17.1. The van der Waals surface area contributed by atoms with Gasteiger partial charge in [-0.05, 0) is 18.9 Å². The van der Waals surface area contributed by atoms with Crippen molar-refractivity contribution >= 4 is 5.95 Å². The van der Waals surface area contributed by atoms with Gasteiger partial charge in [0.15, 0.2) is 0 Å². The number of rotatable bonds is 4. The summed E-state index contributed by atoms with van der Waals surface area (Å²) in [7, 11) is 0. The van der Waals surface area contributed by atoms with Crippen molar-refractivity contribution in [3.05, 3.63) is 41.7 Å². The van der Waals surface area contributed by atoms with E-state index in [1.165, 1.54) is 5.56 Å². The predicted molar refractivity (Wildman–Crippen MR) is 80.1 cm³/mol. The highest BCUT2D eigenvalue weighted by Gasteiger charge is 2.24. The smallest absolute Gasteiger partial charge is 0.203 e. The van der Waals surface area contributed by atoms with Gasteiger partial charge in [0.05, 0.1) is 11.7 Å². The molecule has 1 N–H and O–H groups in total. The molecule has 2 aromatic rings.